The van der Waals surface area contributed by atoms with Gasteiger partial charge in [0.2, 0.25) is 0 Å². The van der Waals surface area contributed by atoms with Crippen LogP contribution in [0.4, 0.5) is 0 Å². The third-order valence-corrected chi connectivity index (χ3v) is 3.62. The molecule has 0 radical (unpaired) electrons. The minimum absolute atomic E-state index is 0.0502. The van der Waals surface area contributed by atoms with Gasteiger partial charge in [-0.05, 0) is 17.0 Å². The molecule has 0 bridgehead atoms. The van der Waals surface area contributed by atoms with Crippen molar-refractivity contribution >= 4 is 13.6 Å². The zero-order chi connectivity index (χ0) is 15.3. The second-order valence-corrected chi connectivity index (χ2v) is 6.73. The maximum atomic E-state index is 11.1. The lowest BCUT2D eigenvalue weighted by atomic mass is 10.0. The van der Waals surface area contributed by atoms with Gasteiger partial charge in [0.05, 0.1) is 6.16 Å². The van der Waals surface area contributed by atoms with Crippen LogP contribution in [0.15, 0.2) is 24.3 Å². The number of carboxylic acid groups (broad SMARTS) is 1. The van der Waals surface area contributed by atoms with Gasteiger partial charge in [-0.15, -0.1) is 0 Å². The number of hydrogen-bond acceptors (Lipinski definition) is 3. The van der Waals surface area contributed by atoms with Crippen LogP contribution in [0.5, 0.6) is 0 Å². The molecule has 1 rings (SSSR count). The lowest BCUT2D eigenvalue weighted by molar-refractivity contribution is -0.140. The number of carbonyl (C=O) groups is 1. The summed E-state index contributed by atoms with van der Waals surface area (Å²) in [5.74, 6) is -0.961. The van der Waals surface area contributed by atoms with Gasteiger partial charge in [-0.25, -0.2) is 0 Å². The second kappa shape index (κ2) is 6.99. The molecule has 20 heavy (non-hydrogen) atoms. The first kappa shape index (κ1) is 16.9. The average Bonchev–Trinajstić information content (AvgIpc) is 2.26. The van der Waals surface area contributed by atoms with E-state index in [1.165, 1.54) is 0 Å². The number of nitrogens with one attached hydrogen (secondary N) is 1. The summed E-state index contributed by atoms with van der Waals surface area (Å²) in [7, 11) is -4.09. The predicted molar refractivity (Wildman–Crippen MR) is 75.3 cm³/mol. The van der Waals surface area contributed by atoms with E-state index in [0.29, 0.717) is 12.1 Å². The van der Waals surface area contributed by atoms with Crippen molar-refractivity contribution in [2.45, 2.75) is 32.6 Å². The molecule has 0 aromatic heterocycles. The van der Waals surface area contributed by atoms with Gasteiger partial charge in [-0.3, -0.25) is 9.36 Å². The van der Waals surface area contributed by atoms with Crippen molar-refractivity contribution in [3.05, 3.63) is 35.4 Å². The van der Waals surface area contributed by atoms with E-state index >= 15 is 0 Å². The number of benzene rings is 1. The van der Waals surface area contributed by atoms with E-state index in [1.54, 1.807) is 24.3 Å². The molecule has 1 aromatic rings. The van der Waals surface area contributed by atoms with Crippen LogP contribution in [-0.4, -0.2) is 26.9 Å². The first-order valence-electron chi connectivity index (χ1n) is 6.27. The summed E-state index contributed by atoms with van der Waals surface area (Å²) in [5, 5.41) is 12.0. The van der Waals surface area contributed by atoms with E-state index in [2.05, 4.69) is 5.32 Å². The molecule has 1 unspecified atom stereocenters. The molecule has 4 N–H and O–H groups in total. The zero-order valence-corrected chi connectivity index (χ0v) is 12.4. The van der Waals surface area contributed by atoms with Crippen LogP contribution < -0.4 is 5.32 Å². The molecule has 0 aliphatic rings. The summed E-state index contributed by atoms with van der Waals surface area (Å²) in [6.07, 6.45) is -0.312. The summed E-state index contributed by atoms with van der Waals surface area (Å²) in [6.45, 7) is 3.97. The lowest BCUT2D eigenvalue weighted by Crippen LogP contribution is -2.40. The van der Waals surface area contributed by atoms with Crippen molar-refractivity contribution in [3.8, 4) is 0 Å². The van der Waals surface area contributed by atoms with Crippen LogP contribution in [0, 0.1) is 5.92 Å². The minimum atomic E-state index is -4.09. The van der Waals surface area contributed by atoms with Gasteiger partial charge < -0.3 is 20.2 Å². The number of carboxylic acids is 1. The molecule has 0 fully saturated rings. The normalized spacial score (nSPS) is 13.4. The predicted octanol–water partition coefficient (Wildman–Crippen LogP) is 1.56. The van der Waals surface area contributed by atoms with Crippen molar-refractivity contribution in [2.75, 3.05) is 0 Å². The molecule has 0 aliphatic heterocycles. The highest BCUT2D eigenvalue weighted by molar-refractivity contribution is 7.50. The highest BCUT2D eigenvalue weighted by Crippen LogP contribution is 2.39. The van der Waals surface area contributed by atoms with Crippen LogP contribution in [-0.2, 0) is 22.1 Å². The molecule has 7 heteroatoms. The maximum Gasteiger partial charge on any atom is 0.329 e. The highest BCUT2D eigenvalue weighted by Gasteiger charge is 2.20. The van der Waals surface area contributed by atoms with E-state index < -0.39 is 19.6 Å². The molecular formula is C13H20NO5P. The smallest absolute Gasteiger partial charge is 0.329 e. The summed E-state index contributed by atoms with van der Waals surface area (Å²) >= 11 is 0. The Bertz CT molecular complexity index is 511. The molecule has 1 aromatic carbocycles. The standard InChI is InChI=1S/C13H20NO5P/c1-9(2)12(13(15)16)14-7-10-4-3-5-11(6-10)8-20(17,18)19/h3-6,9,12,14H,7-8H2,1-2H3,(H,15,16)(H2,17,18,19). The van der Waals surface area contributed by atoms with E-state index in [0.717, 1.165) is 5.56 Å². The van der Waals surface area contributed by atoms with Gasteiger partial charge >= 0.3 is 13.6 Å². The van der Waals surface area contributed by atoms with Gasteiger partial charge in [0.25, 0.3) is 0 Å². The van der Waals surface area contributed by atoms with Crippen LogP contribution in [0.1, 0.15) is 25.0 Å². The Kier molecular flexibility index (Phi) is 5.89. The molecule has 0 amide bonds. The van der Waals surface area contributed by atoms with E-state index in [4.69, 9.17) is 14.9 Å². The SMILES string of the molecule is CC(C)C(NCc1cccc(CP(=O)(O)O)c1)C(=O)O. The van der Waals surface area contributed by atoms with Gasteiger partial charge in [-0.1, -0.05) is 38.1 Å². The van der Waals surface area contributed by atoms with Crippen molar-refractivity contribution < 1.29 is 24.3 Å². The summed E-state index contributed by atoms with van der Waals surface area (Å²) < 4.78 is 11.0. The Morgan fingerprint density at radius 2 is 1.90 bits per heavy atom. The first-order valence-corrected chi connectivity index (χ1v) is 8.07. The Morgan fingerprint density at radius 3 is 2.40 bits per heavy atom. The van der Waals surface area contributed by atoms with Gasteiger partial charge in [0.1, 0.15) is 6.04 Å². The molecule has 0 saturated heterocycles. The fourth-order valence-corrected chi connectivity index (χ4v) is 2.58. The Morgan fingerprint density at radius 1 is 1.30 bits per heavy atom. The van der Waals surface area contributed by atoms with Gasteiger partial charge in [0.15, 0.2) is 0 Å². The van der Waals surface area contributed by atoms with Gasteiger partial charge in [-0.2, -0.15) is 0 Å². The summed E-state index contributed by atoms with van der Waals surface area (Å²) in [4.78, 5) is 28.9. The topological polar surface area (TPSA) is 107 Å². The summed E-state index contributed by atoms with van der Waals surface area (Å²) in [5.41, 5.74) is 1.33. The molecule has 6 nitrogen and oxygen atoms in total. The summed E-state index contributed by atoms with van der Waals surface area (Å²) in [6, 6.07) is 6.15. The Labute approximate surface area is 118 Å². The monoisotopic (exact) mass is 301 g/mol. The maximum absolute atomic E-state index is 11.1. The number of hydrogen-bond donors (Lipinski definition) is 4. The van der Waals surface area contributed by atoms with Crippen molar-refractivity contribution in [2.24, 2.45) is 5.92 Å². The fraction of sp³-hybridized carbons (Fsp3) is 0.462. The van der Waals surface area contributed by atoms with Crippen LogP contribution >= 0.6 is 7.60 Å². The third-order valence-electron chi connectivity index (χ3n) is 2.84. The highest BCUT2D eigenvalue weighted by atomic mass is 31.2. The van der Waals surface area contributed by atoms with Crippen molar-refractivity contribution in [1.29, 1.82) is 0 Å². The third kappa shape index (κ3) is 5.84. The molecule has 112 valence electrons. The molecular weight excluding hydrogens is 281 g/mol. The van der Waals surface area contributed by atoms with E-state index in [1.807, 2.05) is 13.8 Å². The molecule has 0 heterocycles. The van der Waals surface area contributed by atoms with E-state index in [9.17, 15) is 9.36 Å². The first-order chi connectivity index (χ1) is 9.19. The van der Waals surface area contributed by atoms with Crippen LogP contribution in [0.2, 0.25) is 0 Å². The Balaban J connectivity index is 2.71. The lowest BCUT2D eigenvalue weighted by Gasteiger charge is -2.18. The second-order valence-electron chi connectivity index (χ2n) is 5.08. The Hall–Kier alpha value is -1.20. The van der Waals surface area contributed by atoms with Crippen molar-refractivity contribution in [1.82, 2.24) is 5.32 Å². The number of aliphatic carboxylic acids is 1. The molecule has 0 saturated carbocycles. The minimum Gasteiger partial charge on any atom is -0.480 e. The van der Waals surface area contributed by atoms with Gasteiger partial charge in [0, 0.05) is 6.54 Å². The zero-order valence-electron chi connectivity index (χ0n) is 11.5. The van der Waals surface area contributed by atoms with E-state index in [-0.39, 0.29) is 12.1 Å². The van der Waals surface area contributed by atoms with Crippen LogP contribution in [0.25, 0.3) is 0 Å². The number of rotatable bonds is 7. The molecule has 0 aliphatic carbocycles. The molecule has 0 spiro atoms. The van der Waals surface area contributed by atoms with Crippen LogP contribution in [0.3, 0.4) is 0 Å². The largest absolute Gasteiger partial charge is 0.480 e. The average molecular weight is 301 g/mol. The van der Waals surface area contributed by atoms with Crippen molar-refractivity contribution in [3.63, 3.8) is 0 Å². The molecule has 1 atom stereocenters. The quantitative estimate of drug-likeness (QED) is 0.569. The fourth-order valence-electron chi connectivity index (χ4n) is 1.91.